The van der Waals surface area contributed by atoms with E-state index >= 15 is 0 Å². The van der Waals surface area contributed by atoms with E-state index in [0.717, 1.165) is 6.26 Å². The Morgan fingerprint density at radius 1 is 1.33 bits per heavy atom. The molecule has 2 N–H and O–H groups in total. The molecule has 0 aliphatic rings. The van der Waals surface area contributed by atoms with Crippen LogP contribution in [0, 0.1) is 0 Å². The summed E-state index contributed by atoms with van der Waals surface area (Å²) in [7, 11) is -3.22. The van der Waals surface area contributed by atoms with Gasteiger partial charge in [0.25, 0.3) is 0 Å². The van der Waals surface area contributed by atoms with Crippen molar-refractivity contribution in [3.63, 3.8) is 0 Å². The highest BCUT2D eigenvalue weighted by atomic mass is 35.5. The number of halogens is 1. The van der Waals surface area contributed by atoms with Gasteiger partial charge in [0.15, 0.2) is 0 Å². The zero-order valence-electron chi connectivity index (χ0n) is 11.7. The summed E-state index contributed by atoms with van der Waals surface area (Å²) in [6, 6.07) is 5.61. The van der Waals surface area contributed by atoms with E-state index in [1.807, 2.05) is 0 Å². The lowest BCUT2D eigenvalue weighted by Crippen LogP contribution is -2.43. The molecule has 6 nitrogen and oxygen atoms in total. The van der Waals surface area contributed by atoms with Crippen LogP contribution in [0.15, 0.2) is 24.3 Å². The standard InChI is InChI=1S/C13H17ClN2O4S/c1-9(17)15-12(6-7-21(2,19)20)13(18)16-11-5-3-4-10(14)8-11/h3-5,8,12H,6-7H2,1-2H3,(H,15,17)(H,16,18). The largest absolute Gasteiger partial charge is 0.345 e. The predicted molar refractivity (Wildman–Crippen MR) is 82.0 cm³/mol. The number of nitrogens with one attached hydrogen (secondary N) is 2. The van der Waals surface area contributed by atoms with Gasteiger partial charge in [0.05, 0.1) is 5.75 Å². The van der Waals surface area contributed by atoms with Crippen molar-refractivity contribution in [1.29, 1.82) is 0 Å². The highest BCUT2D eigenvalue weighted by molar-refractivity contribution is 7.90. The first-order chi connectivity index (χ1) is 9.67. The van der Waals surface area contributed by atoms with Gasteiger partial charge in [-0.15, -0.1) is 0 Å². The lowest BCUT2D eigenvalue weighted by Gasteiger charge is -2.17. The van der Waals surface area contributed by atoms with Crippen molar-refractivity contribution in [2.45, 2.75) is 19.4 Å². The van der Waals surface area contributed by atoms with Crippen LogP contribution < -0.4 is 10.6 Å². The Morgan fingerprint density at radius 3 is 2.52 bits per heavy atom. The molecule has 0 fully saturated rings. The zero-order chi connectivity index (χ0) is 16.0. The maximum atomic E-state index is 12.1. The van der Waals surface area contributed by atoms with Gasteiger partial charge < -0.3 is 10.6 Å². The molecular weight excluding hydrogens is 316 g/mol. The van der Waals surface area contributed by atoms with Crippen LogP contribution in [0.1, 0.15) is 13.3 Å². The monoisotopic (exact) mass is 332 g/mol. The molecule has 0 radical (unpaired) electrons. The van der Waals surface area contributed by atoms with Gasteiger partial charge in [0.2, 0.25) is 11.8 Å². The summed E-state index contributed by atoms with van der Waals surface area (Å²) in [6.45, 7) is 1.26. The van der Waals surface area contributed by atoms with E-state index in [2.05, 4.69) is 10.6 Å². The molecular formula is C13H17ClN2O4S. The molecule has 1 aromatic carbocycles. The van der Waals surface area contributed by atoms with Crippen LogP contribution in [0.3, 0.4) is 0 Å². The van der Waals surface area contributed by atoms with Gasteiger partial charge in [-0.05, 0) is 24.6 Å². The van der Waals surface area contributed by atoms with Gasteiger partial charge >= 0.3 is 0 Å². The van der Waals surface area contributed by atoms with E-state index in [1.165, 1.54) is 6.92 Å². The fourth-order valence-electron chi connectivity index (χ4n) is 1.64. The second kappa shape index (κ2) is 7.42. The molecule has 0 saturated heterocycles. The van der Waals surface area contributed by atoms with Crippen molar-refractivity contribution in [3.05, 3.63) is 29.3 Å². The summed E-state index contributed by atoms with van der Waals surface area (Å²) < 4.78 is 22.4. The Labute approximate surface area is 128 Å². The van der Waals surface area contributed by atoms with Crippen molar-refractivity contribution >= 4 is 38.9 Å². The lowest BCUT2D eigenvalue weighted by molar-refractivity contribution is -0.125. The Morgan fingerprint density at radius 2 is 2.00 bits per heavy atom. The molecule has 0 spiro atoms. The summed E-state index contributed by atoms with van der Waals surface area (Å²) in [4.78, 5) is 23.2. The van der Waals surface area contributed by atoms with E-state index in [4.69, 9.17) is 11.6 Å². The number of amides is 2. The molecule has 0 heterocycles. The number of sulfone groups is 1. The molecule has 1 atom stereocenters. The molecule has 8 heteroatoms. The number of benzene rings is 1. The fraction of sp³-hybridized carbons (Fsp3) is 0.385. The molecule has 0 aromatic heterocycles. The third-order valence-electron chi connectivity index (χ3n) is 2.56. The maximum absolute atomic E-state index is 12.1. The van der Waals surface area contributed by atoms with E-state index < -0.39 is 27.7 Å². The topological polar surface area (TPSA) is 92.3 Å². The first-order valence-electron chi connectivity index (χ1n) is 6.18. The first-order valence-corrected chi connectivity index (χ1v) is 8.62. The highest BCUT2D eigenvalue weighted by Crippen LogP contribution is 2.15. The van der Waals surface area contributed by atoms with Crippen LogP contribution in [0.5, 0.6) is 0 Å². The van der Waals surface area contributed by atoms with Crippen molar-refractivity contribution in [1.82, 2.24) is 5.32 Å². The van der Waals surface area contributed by atoms with Crippen LogP contribution in [-0.4, -0.2) is 38.3 Å². The van der Waals surface area contributed by atoms with Gasteiger partial charge in [-0.3, -0.25) is 9.59 Å². The van der Waals surface area contributed by atoms with E-state index in [0.29, 0.717) is 10.7 Å². The third kappa shape index (κ3) is 7.10. The van der Waals surface area contributed by atoms with E-state index in [-0.39, 0.29) is 12.2 Å². The highest BCUT2D eigenvalue weighted by Gasteiger charge is 2.21. The van der Waals surface area contributed by atoms with Gasteiger partial charge in [0.1, 0.15) is 15.9 Å². The quantitative estimate of drug-likeness (QED) is 0.819. The van der Waals surface area contributed by atoms with Crippen molar-refractivity contribution < 1.29 is 18.0 Å². The molecule has 0 saturated carbocycles. The smallest absolute Gasteiger partial charge is 0.246 e. The van der Waals surface area contributed by atoms with Gasteiger partial charge in [-0.2, -0.15) is 0 Å². The molecule has 1 rings (SSSR count). The van der Waals surface area contributed by atoms with Gasteiger partial charge in [0, 0.05) is 23.9 Å². The summed E-state index contributed by atoms with van der Waals surface area (Å²) in [6.07, 6.45) is 1.08. The third-order valence-corrected chi connectivity index (χ3v) is 3.78. The Bertz CT molecular complexity index is 631. The Kier molecular flexibility index (Phi) is 6.17. The Hall–Kier alpha value is -1.60. The first kappa shape index (κ1) is 17.5. The number of carbonyl (C=O) groups excluding carboxylic acids is 2. The normalized spacial score (nSPS) is 12.5. The van der Waals surface area contributed by atoms with Crippen molar-refractivity contribution in [2.24, 2.45) is 0 Å². The van der Waals surface area contributed by atoms with Crippen molar-refractivity contribution in [2.75, 3.05) is 17.3 Å². The van der Waals surface area contributed by atoms with Crippen LogP contribution in [-0.2, 0) is 19.4 Å². The maximum Gasteiger partial charge on any atom is 0.246 e. The molecule has 116 valence electrons. The van der Waals surface area contributed by atoms with E-state index in [1.54, 1.807) is 24.3 Å². The molecule has 2 amide bonds. The minimum atomic E-state index is -3.22. The summed E-state index contributed by atoms with van der Waals surface area (Å²) in [5.41, 5.74) is 0.474. The Balaban J connectivity index is 2.77. The molecule has 0 aliphatic heterocycles. The molecule has 21 heavy (non-hydrogen) atoms. The minimum Gasteiger partial charge on any atom is -0.345 e. The summed E-state index contributed by atoms with van der Waals surface area (Å²) in [5, 5.41) is 5.49. The second-order valence-electron chi connectivity index (χ2n) is 4.67. The van der Waals surface area contributed by atoms with Crippen molar-refractivity contribution in [3.8, 4) is 0 Å². The van der Waals surface area contributed by atoms with Crippen LogP contribution >= 0.6 is 11.6 Å². The van der Waals surface area contributed by atoms with Gasteiger partial charge in [-0.1, -0.05) is 17.7 Å². The summed E-state index contributed by atoms with van der Waals surface area (Å²) >= 11 is 5.81. The van der Waals surface area contributed by atoms with Crippen LogP contribution in [0.25, 0.3) is 0 Å². The second-order valence-corrected chi connectivity index (χ2v) is 7.37. The van der Waals surface area contributed by atoms with Crippen LogP contribution in [0.2, 0.25) is 5.02 Å². The molecule has 1 aromatic rings. The number of carbonyl (C=O) groups is 2. The predicted octanol–water partition coefficient (Wildman–Crippen LogP) is 1.22. The minimum absolute atomic E-state index is 0.00477. The molecule has 0 bridgehead atoms. The zero-order valence-corrected chi connectivity index (χ0v) is 13.3. The number of anilines is 1. The lowest BCUT2D eigenvalue weighted by atomic mass is 10.2. The summed E-state index contributed by atoms with van der Waals surface area (Å²) in [5.74, 6) is -1.09. The average Bonchev–Trinajstić information content (AvgIpc) is 2.32. The number of hydrogen-bond acceptors (Lipinski definition) is 4. The SMILES string of the molecule is CC(=O)NC(CCS(C)(=O)=O)C(=O)Nc1cccc(Cl)c1. The molecule has 0 aliphatic carbocycles. The van der Waals surface area contributed by atoms with Crippen LogP contribution in [0.4, 0.5) is 5.69 Å². The van der Waals surface area contributed by atoms with E-state index in [9.17, 15) is 18.0 Å². The number of rotatable bonds is 6. The number of hydrogen-bond donors (Lipinski definition) is 2. The fourth-order valence-corrected chi connectivity index (χ4v) is 2.50. The molecule has 1 unspecified atom stereocenters. The average molecular weight is 333 g/mol. The van der Waals surface area contributed by atoms with Gasteiger partial charge in [-0.25, -0.2) is 8.42 Å².